The largest absolute Gasteiger partial charge is 0.504 e. The molecule has 0 amide bonds. The van der Waals surface area contributed by atoms with Crippen molar-refractivity contribution < 1.29 is 10.2 Å². The molecular formula is C19H16N4O2. The summed E-state index contributed by atoms with van der Waals surface area (Å²) < 4.78 is 0. The van der Waals surface area contributed by atoms with E-state index in [1.165, 1.54) is 6.07 Å². The summed E-state index contributed by atoms with van der Waals surface area (Å²) in [7, 11) is 0. The van der Waals surface area contributed by atoms with Crippen LogP contribution in [-0.4, -0.2) is 27.2 Å². The molecule has 5 N–H and O–H groups in total. The minimum absolute atomic E-state index is 0.155. The molecule has 1 unspecified atom stereocenters. The molecule has 25 heavy (non-hydrogen) atoms. The molecule has 1 aliphatic rings. The zero-order valence-electron chi connectivity index (χ0n) is 13.2. The maximum Gasteiger partial charge on any atom is 0.157 e. The van der Waals surface area contributed by atoms with Gasteiger partial charge in [0.05, 0.1) is 17.4 Å². The van der Waals surface area contributed by atoms with Crippen molar-refractivity contribution in [2.75, 3.05) is 5.32 Å². The Kier molecular flexibility index (Phi) is 3.50. The number of phenols is 2. The molecule has 2 aromatic carbocycles. The van der Waals surface area contributed by atoms with E-state index in [-0.39, 0.29) is 17.5 Å². The van der Waals surface area contributed by atoms with Gasteiger partial charge < -0.3 is 20.5 Å². The number of H-pyrrole nitrogens is 1. The molecule has 0 saturated heterocycles. The molecule has 0 radical (unpaired) electrons. The van der Waals surface area contributed by atoms with Crippen LogP contribution in [0.4, 0.5) is 5.69 Å². The van der Waals surface area contributed by atoms with Crippen molar-refractivity contribution in [3.8, 4) is 11.5 Å². The fourth-order valence-electron chi connectivity index (χ4n) is 3.19. The number of rotatable bonds is 2. The monoisotopic (exact) mass is 332 g/mol. The van der Waals surface area contributed by atoms with E-state index >= 15 is 0 Å². The number of aliphatic imine (C=N–C) groups is 1. The lowest BCUT2D eigenvalue weighted by Gasteiger charge is -2.19. The Morgan fingerprint density at radius 2 is 1.88 bits per heavy atom. The number of phenolic OH excluding ortho intramolecular Hbond substituents is 2. The smallest absolute Gasteiger partial charge is 0.157 e. The average molecular weight is 332 g/mol. The summed E-state index contributed by atoms with van der Waals surface area (Å²) in [4.78, 5) is 7.47. The van der Waals surface area contributed by atoms with Crippen molar-refractivity contribution in [2.45, 2.75) is 6.04 Å². The third-order valence-electron chi connectivity index (χ3n) is 4.34. The Bertz CT molecular complexity index is 991. The predicted octanol–water partition coefficient (Wildman–Crippen LogP) is 3.39. The Hall–Kier alpha value is -3.54. The number of hydrogen-bond acceptors (Lipinski definition) is 4. The van der Waals surface area contributed by atoms with Gasteiger partial charge in [-0.1, -0.05) is 24.3 Å². The summed E-state index contributed by atoms with van der Waals surface area (Å²) in [5.41, 5.74) is 5.02. The first-order valence-corrected chi connectivity index (χ1v) is 7.81. The Morgan fingerprint density at radius 1 is 1.04 bits per heavy atom. The first-order valence-electron chi connectivity index (χ1n) is 7.81. The third-order valence-corrected chi connectivity index (χ3v) is 4.34. The summed E-state index contributed by atoms with van der Waals surface area (Å²) in [6.07, 6.45) is 2.86. The predicted molar refractivity (Wildman–Crippen MR) is 96.9 cm³/mol. The molecule has 0 fully saturated rings. The van der Waals surface area contributed by atoms with E-state index in [0.29, 0.717) is 5.71 Å². The molecule has 1 atom stereocenters. The van der Waals surface area contributed by atoms with E-state index in [0.717, 1.165) is 34.4 Å². The van der Waals surface area contributed by atoms with Crippen LogP contribution in [0, 0.1) is 5.41 Å². The van der Waals surface area contributed by atoms with Gasteiger partial charge in [0.25, 0.3) is 0 Å². The topological polar surface area (TPSA) is 104 Å². The van der Waals surface area contributed by atoms with E-state index in [2.05, 4.69) is 15.3 Å². The number of para-hydroxylation sites is 1. The lowest BCUT2D eigenvalue weighted by atomic mass is 9.97. The molecule has 4 rings (SSSR count). The van der Waals surface area contributed by atoms with E-state index in [9.17, 15) is 10.2 Å². The number of anilines is 1. The molecule has 0 aliphatic carbocycles. The van der Waals surface area contributed by atoms with Gasteiger partial charge in [0, 0.05) is 23.0 Å². The van der Waals surface area contributed by atoms with Crippen molar-refractivity contribution in [1.29, 1.82) is 5.41 Å². The molecule has 3 aromatic rings. The second-order valence-electron chi connectivity index (χ2n) is 5.79. The molecule has 0 bridgehead atoms. The van der Waals surface area contributed by atoms with E-state index in [1.807, 2.05) is 36.5 Å². The first-order chi connectivity index (χ1) is 12.2. The highest BCUT2D eigenvalue weighted by molar-refractivity contribution is 6.18. The molecule has 124 valence electrons. The summed E-state index contributed by atoms with van der Waals surface area (Å²) in [5.74, 6) is -0.319. The second kappa shape index (κ2) is 5.83. The highest BCUT2D eigenvalue weighted by Crippen LogP contribution is 2.38. The minimum atomic E-state index is -0.243. The maximum absolute atomic E-state index is 9.89. The maximum atomic E-state index is 9.89. The van der Waals surface area contributed by atoms with Crippen LogP contribution >= 0.6 is 0 Å². The molecule has 0 spiro atoms. The third kappa shape index (κ3) is 2.44. The van der Waals surface area contributed by atoms with E-state index < -0.39 is 0 Å². The van der Waals surface area contributed by atoms with Gasteiger partial charge in [-0.15, -0.1) is 0 Å². The molecular weight excluding hydrogens is 316 g/mol. The number of nitrogens with one attached hydrogen (secondary N) is 3. The normalized spacial score (nSPS) is 17.3. The molecule has 6 heteroatoms. The SMILES string of the molecule is N=CN=C1c2ccccc2NC(c2ccc(O)c(O)c2)c2cc[nH]c21. The van der Waals surface area contributed by atoms with Gasteiger partial charge >= 0.3 is 0 Å². The average Bonchev–Trinajstić information content (AvgIpc) is 3.05. The Morgan fingerprint density at radius 3 is 2.68 bits per heavy atom. The molecule has 6 nitrogen and oxygen atoms in total. The minimum Gasteiger partial charge on any atom is -0.504 e. The van der Waals surface area contributed by atoms with Gasteiger partial charge in [-0.25, -0.2) is 4.99 Å². The van der Waals surface area contributed by atoms with Crippen LogP contribution in [-0.2, 0) is 0 Å². The van der Waals surface area contributed by atoms with Crippen molar-refractivity contribution in [1.82, 2.24) is 4.98 Å². The fraction of sp³-hybridized carbons (Fsp3) is 0.0526. The van der Waals surface area contributed by atoms with Gasteiger partial charge in [-0.3, -0.25) is 5.41 Å². The van der Waals surface area contributed by atoms with Crippen LogP contribution < -0.4 is 5.32 Å². The molecule has 1 aliphatic heterocycles. The van der Waals surface area contributed by atoms with Crippen LogP contribution in [0.5, 0.6) is 11.5 Å². The highest BCUT2D eigenvalue weighted by atomic mass is 16.3. The number of benzene rings is 2. The van der Waals surface area contributed by atoms with E-state index in [1.54, 1.807) is 12.1 Å². The molecule has 0 saturated carbocycles. The Labute approximate surface area is 144 Å². The summed E-state index contributed by atoms with van der Waals surface area (Å²) in [6, 6.07) is 14.3. The van der Waals surface area contributed by atoms with Crippen molar-refractivity contribution in [3.63, 3.8) is 0 Å². The summed E-state index contributed by atoms with van der Waals surface area (Å²) >= 11 is 0. The quantitative estimate of drug-likeness (QED) is 0.282. The number of aromatic nitrogens is 1. The van der Waals surface area contributed by atoms with Crippen molar-refractivity contribution in [2.24, 2.45) is 4.99 Å². The molecule has 2 heterocycles. The second-order valence-corrected chi connectivity index (χ2v) is 5.79. The number of hydrogen-bond donors (Lipinski definition) is 5. The lowest BCUT2D eigenvalue weighted by molar-refractivity contribution is 0.403. The zero-order chi connectivity index (χ0) is 17.4. The van der Waals surface area contributed by atoms with Gasteiger partial charge in [0.15, 0.2) is 11.5 Å². The van der Waals surface area contributed by atoms with Crippen molar-refractivity contribution in [3.05, 3.63) is 77.1 Å². The van der Waals surface area contributed by atoms with Gasteiger partial charge in [-0.05, 0) is 29.8 Å². The first kappa shape index (κ1) is 15.0. The van der Waals surface area contributed by atoms with Gasteiger partial charge in [0.2, 0.25) is 0 Å². The van der Waals surface area contributed by atoms with Crippen LogP contribution in [0.25, 0.3) is 0 Å². The number of aromatic hydroxyl groups is 2. The van der Waals surface area contributed by atoms with Crippen LogP contribution in [0.3, 0.4) is 0 Å². The van der Waals surface area contributed by atoms with E-state index in [4.69, 9.17) is 5.41 Å². The number of nitrogens with zero attached hydrogens (tertiary/aromatic N) is 1. The highest BCUT2D eigenvalue weighted by Gasteiger charge is 2.27. The molecule has 1 aromatic heterocycles. The van der Waals surface area contributed by atoms with Crippen LogP contribution in [0.15, 0.2) is 59.7 Å². The zero-order valence-corrected chi connectivity index (χ0v) is 13.2. The van der Waals surface area contributed by atoms with Crippen LogP contribution in [0.2, 0.25) is 0 Å². The summed E-state index contributed by atoms with van der Waals surface area (Å²) in [6.45, 7) is 0. The summed E-state index contributed by atoms with van der Waals surface area (Å²) in [5, 5.41) is 30.4. The van der Waals surface area contributed by atoms with Crippen LogP contribution in [0.1, 0.15) is 28.4 Å². The lowest BCUT2D eigenvalue weighted by Crippen LogP contribution is -2.11. The fourth-order valence-corrected chi connectivity index (χ4v) is 3.19. The standard InChI is InChI=1S/C19H16N4O2/c20-10-22-18-12-3-1-2-4-14(12)23-17(13-7-8-21-19(13)18)11-5-6-15(24)16(25)9-11/h1-10,17,20-21,23-25H. The van der Waals surface area contributed by atoms with Gasteiger partial charge in [0.1, 0.15) is 6.34 Å². The van der Waals surface area contributed by atoms with Crippen molar-refractivity contribution >= 4 is 17.7 Å². The van der Waals surface area contributed by atoms with Gasteiger partial charge in [-0.2, -0.15) is 0 Å². The Balaban J connectivity index is 1.95. The number of aromatic amines is 1. The number of fused-ring (bicyclic) bond motifs is 2.